The molecule has 0 unspecified atom stereocenters. The molecule has 1 aliphatic heterocycles. The minimum atomic E-state index is -0.0660. The number of hydrogen-bond acceptors (Lipinski definition) is 4. The number of carbonyl (C=O) groups excluding carboxylic acids is 2. The van der Waals surface area contributed by atoms with E-state index in [4.69, 9.17) is 4.74 Å². The molecule has 6 heteroatoms. The monoisotopic (exact) mass is 409 g/mol. The summed E-state index contributed by atoms with van der Waals surface area (Å²) in [7, 11) is 1.81. The van der Waals surface area contributed by atoms with E-state index in [0.29, 0.717) is 18.1 Å². The molecular weight excluding hydrogens is 378 g/mol. The molecule has 1 aromatic heterocycles. The van der Waals surface area contributed by atoms with Gasteiger partial charge in [-0.3, -0.25) is 14.6 Å². The van der Waals surface area contributed by atoms with Crippen molar-refractivity contribution in [1.82, 2.24) is 14.8 Å². The first-order chi connectivity index (χ1) is 14.4. The molecule has 160 valence electrons. The molecule has 1 aromatic carbocycles. The van der Waals surface area contributed by atoms with Gasteiger partial charge in [-0.15, -0.1) is 0 Å². The minimum Gasteiger partial charge on any atom is -0.494 e. The molecule has 3 rings (SSSR count). The van der Waals surface area contributed by atoms with Gasteiger partial charge in [-0.05, 0) is 56.5 Å². The predicted molar refractivity (Wildman–Crippen MR) is 117 cm³/mol. The normalized spacial score (nSPS) is 15.5. The average Bonchev–Trinajstić information content (AvgIpc) is 2.78. The predicted octanol–water partition coefficient (Wildman–Crippen LogP) is 4.04. The van der Waals surface area contributed by atoms with Crippen LogP contribution in [0.1, 0.15) is 67.2 Å². The Morgan fingerprint density at radius 3 is 2.37 bits per heavy atom. The summed E-state index contributed by atoms with van der Waals surface area (Å²) in [5.41, 5.74) is 2.63. The Hall–Kier alpha value is -2.89. The van der Waals surface area contributed by atoms with Gasteiger partial charge in [0, 0.05) is 44.9 Å². The lowest BCUT2D eigenvalue weighted by Crippen LogP contribution is -2.36. The molecule has 2 aromatic rings. The molecule has 0 saturated carbocycles. The van der Waals surface area contributed by atoms with Crippen LogP contribution in [0.5, 0.6) is 5.75 Å². The summed E-state index contributed by atoms with van der Waals surface area (Å²) in [6, 6.07) is 11.6. The lowest BCUT2D eigenvalue weighted by Gasteiger charge is -2.31. The first kappa shape index (κ1) is 21.8. The molecule has 2 heterocycles. The molecule has 2 amide bonds. The van der Waals surface area contributed by atoms with E-state index in [9.17, 15) is 9.59 Å². The number of aromatic nitrogens is 1. The summed E-state index contributed by atoms with van der Waals surface area (Å²) in [6.07, 6.45) is 3.50. The molecular formula is C24H31N3O3. The van der Waals surface area contributed by atoms with Crippen molar-refractivity contribution in [3.63, 3.8) is 0 Å². The zero-order chi connectivity index (χ0) is 21.7. The van der Waals surface area contributed by atoms with Gasteiger partial charge in [0.25, 0.3) is 5.91 Å². The van der Waals surface area contributed by atoms with E-state index in [-0.39, 0.29) is 17.9 Å². The zero-order valence-electron chi connectivity index (χ0n) is 18.3. The standard InChI is InChI=1S/C24H31N3O3/c1-5-30-22-9-6-19(7-10-22)17(2)26(4)24(29)21-8-11-23(25-16-21)20-12-14-27(15-13-20)18(3)28/h6-11,16-17,20H,5,12-15H2,1-4H3/t17-/m1/s1. The van der Waals surface area contributed by atoms with Crippen molar-refractivity contribution in [2.45, 2.75) is 45.6 Å². The van der Waals surface area contributed by atoms with Gasteiger partial charge in [0.1, 0.15) is 5.75 Å². The van der Waals surface area contributed by atoms with Crippen LogP contribution >= 0.6 is 0 Å². The Kier molecular flexibility index (Phi) is 7.08. The maximum absolute atomic E-state index is 13.0. The van der Waals surface area contributed by atoms with Crippen molar-refractivity contribution >= 4 is 11.8 Å². The van der Waals surface area contributed by atoms with Crippen LogP contribution in [-0.2, 0) is 4.79 Å². The number of pyridine rings is 1. The summed E-state index contributed by atoms with van der Waals surface area (Å²) in [6.45, 7) is 7.75. The Bertz CT molecular complexity index is 856. The molecule has 1 atom stereocenters. The van der Waals surface area contributed by atoms with Gasteiger partial charge in [-0.2, -0.15) is 0 Å². The van der Waals surface area contributed by atoms with Crippen molar-refractivity contribution in [1.29, 1.82) is 0 Å². The average molecular weight is 410 g/mol. The quantitative estimate of drug-likeness (QED) is 0.722. The Morgan fingerprint density at radius 1 is 1.17 bits per heavy atom. The smallest absolute Gasteiger partial charge is 0.255 e. The molecule has 1 aliphatic rings. The van der Waals surface area contributed by atoms with E-state index in [2.05, 4.69) is 4.98 Å². The maximum Gasteiger partial charge on any atom is 0.255 e. The molecule has 0 aliphatic carbocycles. The Labute approximate surface area is 178 Å². The lowest BCUT2D eigenvalue weighted by molar-refractivity contribution is -0.129. The highest BCUT2D eigenvalue weighted by Gasteiger charge is 2.24. The maximum atomic E-state index is 13.0. The fourth-order valence-electron chi connectivity index (χ4n) is 3.88. The van der Waals surface area contributed by atoms with Crippen molar-refractivity contribution in [2.24, 2.45) is 0 Å². The number of rotatable bonds is 6. The molecule has 30 heavy (non-hydrogen) atoms. The number of benzene rings is 1. The first-order valence-electron chi connectivity index (χ1n) is 10.6. The van der Waals surface area contributed by atoms with Crippen LogP contribution in [0, 0.1) is 0 Å². The molecule has 0 radical (unpaired) electrons. The lowest BCUT2D eigenvalue weighted by atomic mass is 9.93. The molecule has 0 bridgehead atoms. The van der Waals surface area contributed by atoms with Crippen molar-refractivity contribution < 1.29 is 14.3 Å². The van der Waals surface area contributed by atoms with E-state index in [1.54, 1.807) is 18.0 Å². The summed E-state index contributed by atoms with van der Waals surface area (Å²) in [4.78, 5) is 32.6. The van der Waals surface area contributed by atoms with E-state index in [1.165, 1.54) is 0 Å². The van der Waals surface area contributed by atoms with Crippen LogP contribution < -0.4 is 4.74 Å². The van der Waals surface area contributed by atoms with Gasteiger partial charge < -0.3 is 14.5 Å². The topological polar surface area (TPSA) is 62.7 Å². The van der Waals surface area contributed by atoms with E-state index >= 15 is 0 Å². The molecule has 1 saturated heterocycles. The third-order valence-electron chi connectivity index (χ3n) is 5.97. The summed E-state index contributed by atoms with van der Waals surface area (Å²) in [5, 5.41) is 0. The number of carbonyl (C=O) groups is 2. The van der Waals surface area contributed by atoms with Crippen LogP contribution in [0.15, 0.2) is 42.6 Å². The van der Waals surface area contributed by atoms with Crippen LogP contribution in [0.25, 0.3) is 0 Å². The van der Waals surface area contributed by atoms with E-state index in [0.717, 1.165) is 42.9 Å². The highest BCUT2D eigenvalue weighted by atomic mass is 16.5. The van der Waals surface area contributed by atoms with Gasteiger partial charge in [0.15, 0.2) is 0 Å². The third kappa shape index (κ3) is 4.99. The second kappa shape index (κ2) is 9.74. The van der Waals surface area contributed by atoms with Gasteiger partial charge in [-0.1, -0.05) is 12.1 Å². The van der Waals surface area contributed by atoms with Crippen molar-refractivity contribution in [3.8, 4) is 5.75 Å². The number of nitrogens with zero attached hydrogens (tertiary/aromatic N) is 3. The van der Waals surface area contributed by atoms with Gasteiger partial charge >= 0.3 is 0 Å². The van der Waals surface area contributed by atoms with Crippen molar-refractivity contribution in [2.75, 3.05) is 26.7 Å². The number of ether oxygens (including phenoxy) is 1. The number of piperidine rings is 1. The van der Waals surface area contributed by atoms with E-state index in [1.807, 2.05) is 62.2 Å². The second-order valence-electron chi connectivity index (χ2n) is 7.85. The van der Waals surface area contributed by atoms with Crippen LogP contribution in [0.2, 0.25) is 0 Å². The first-order valence-corrected chi connectivity index (χ1v) is 10.6. The number of hydrogen-bond donors (Lipinski definition) is 0. The highest BCUT2D eigenvalue weighted by Crippen LogP contribution is 2.27. The minimum absolute atomic E-state index is 0.0539. The van der Waals surface area contributed by atoms with Gasteiger partial charge in [0.2, 0.25) is 5.91 Å². The number of amides is 2. The SMILES string of the molecule is CCOc1ccc([C@@H](C)N(C)C(=O)c2ccc(C3CCN(C(C)=O)CC3)nc2)cc1. The molecule has 6 nitrogen and oxygen atoms in total. The van der Waals surface area contributed by atoms with Gasteiger partial charge in [-0.25, -0.2) is 0 Å². The molecule has 1 fully saturated rings. The Balaban J connectivity index is 1.62. The van der Waals surface area contributed by atoms with Crippen LogP contribution in [0.4, 0.5) is 0 Å². The van der Waals surface area contributed by atoms with Crippen LogP contribution in [-0.4, -0.2) is 53.3 Å². The summed E-state index contributed by atoms with van der Waals surface area (Å²) >= 11 is 0. The Morgan fingerprint density at radius 2 is 1.83 bits per heavy atom. The van der Waals surface area contributed by atoms with E-state index < -0.39 is 0 Å². The van der Waals surface area contributed by atoms with Crippen LogP contribution in [0.3, 0.4) is 0 Å². The fourth-order valence-corrected chi connectivity index (χ4v) is 3.88. The number of likely N-dealkylation sites (tertiary alicyclic amines) is 1. The second-order valence-corrected chi connectivity index (χ2v) is 7.85. The molecule has 0 N–H and O–H groups in total. The fraction of sp³-hybridized carbons (Fsp3) is 0.458. The zero-order valence-corrected chi connectivity index (χ0v) is 18.3. The third-order valence-corrected chi connectivity index (χ3v) is 5.97. The highest BCUT2D eigenvalue weighted by molar-refractivity contribution is 5.94. The largest absolute Gasteiger partial charge is 0.494 e. The molecule has 0 spiro atoms. The van der Waals surface area contributed by atoms with Gasteiger partial charge in [0.05, 0.1) is 18.2 Å². The summed E-state index contributed by atoms with van der Waals surface area (Å²) < 4.78 is 5.49. The van der Waals surface area contributed by atoms with Crippen molar-refractivity contribution in [3.05, 3.63) is 59.4 Å². The summed E-state index contributed by atoms with van der Waals surface area (Å²) in [5.74, 6) is 1.25.